The second kappa shape index (κ2) is 9.57. The molecule has 9 heteroatoms. The molecule has 1 fully saturated rings. The Kier molecular flexibility index (Phi) is 7.43. The molecule has 1 aromatic rings. The standard InChI is InChI=1S/C19H25N3O5S/c1-4-9-22(16-8-10-28(25,26)14-16)13-19(24)21(2)12-18(23)20-15-6-5-7-17(11-15)27-3/h1,5-7,11,16H,8-10,12-14H2,2-3H3,(H,20,23). The van der Waals surface area contributed by atoms with Crippen molar-refractivity contribution in [1.82, 2.24) is 9.80 Å². The van der Waals surface area contributed by atoms with Crippen LogP contribution in [-0.2, 0) is 19.4 Å². The van der Waals surface area contributed by atoms with Gasteiger partial charge in [0.15, 0.2) is 9.84 Å². The zero-order chi connectivity index (χ0) is 20.7. The molecule has 1 N–H and O–H groups in total. The summed E-state index contributed by atoms with van der Waals surface area (Å²) in [5, 5.41) is 2.71. The number of nitrogens with zero attached hydrogens (tertiary/aromatic N) is 2. The van der Waals surface area contributed by atoms with Gasteiger partial charge in [-0.1, -0.05) is 12.0 Å². The van der Waals surface area contributed by atoms with Gasteiger partial charge in [0.2, 0.25) is 11.8 Å². The second-order valence-electron chi connectivity index (χ2n) is 6.70. The van der Waals surface area contributed by atoms with Crippen LogP contribution in [0.2, 0.25) is 0 Å². The molecule has 0 saturated carbocycles. The van der Waals surface area contributed by atoms with Gasteiger partial charge in [0, 0.05) is 24.8 Å². The second-order valence-corrected chi connectivity index (χ2v) is 8.92. The monoisotopic (exact) mass is 407 g/mol. The number of benzene rings is 1. The summed E-state index contributed by atoms with van der Waals surface area (Å²) in [4.78, 5) is 27.7. The van der Waals surface area contributed by atoms with Crippen molar-refractivity contribution in [2.24, 2.45) is 0 Å². The van der Waals surface area contributed by atoms with E-state index in [1.54, 1.807) is 29.2 Å². The number of hydrogen-bond donors (Lipinski definition) is 1. The molecule has 2 rings (SSSR count). The topological polar surface area (TPSA) is 96.0 Å². The fourth-order valence-corrected chi connectivity index (χ4v) is 4.76. The van der Waals surface area contributed by atoms with Crippen molar-refractivity contribution in [2.75, 3.05) is 50.6 Å². The van der Waals surface area contributed by atoms with Crippen molar-refractivity contribution in [1.29, 1.82) is 0 Å². The Labute approximate surface area is 165 Å². The molecule has 1 atom stereocenters. The van der Waals surface area contributed by atoms with Gasteiger partial charge in [0.1, 0.15) is 5.75 Å². The largest absolute Gasteiger partial charge is 0.497 e. The van der Waals surface area contributed by atoms with Crippen LogP contribution in [-0.4, -0.2) is 81.4 Å². The maximum atomic E-state index is 12.5. The molecule has 0 spiro atoms. The maximum absolute atomic E-state index is 12.5. The first-order valence-corrected chi connectivity index (χ1v) is 10.6. The summed E-state index contributed by atoms with van der Waals surface area (Å²) in [7, 11) is -0.0303. The summed E-state index contributed by atoms with van der Waals surface area (Å²) in [6, 6.07) is 6.63. The highest BCUT2D eigenvalue weighted by Crippen LogP contribution is 2.18. The van der Waals surface area contributed by atoms with Gasteiger partial charge in [-0.05, 0) is 18.6 Å². The average molecular weight is 407 g/mol. The van der Waals surface area contributed by atoms with Crippen LogP contribution in [0.15, 0.2) is 24.3 Å². The number of anilines is 1. The van der Waals surface area contributed by atoms with Crippen molar-refractivity contribution in [3.8, 4) is 18.1 Å². The number of likely N-dealkylation sites (N-methyl/N-ethyl adjacent to an activating group) is 1. The Bertz CT molecular complexity index is 863. The van der Waals surface area contributed by atoms with Crippen LogP contribution in [0.5, 0.6) is 5.75 Å². The molecule has 8 nitrogen and oxygen atoms in total. The summed E-state index contributed by atoms with van der Waals surface area (Å²) < 4.78 is 28.5. The molecule has 0 aromatic heterocycles. The minimum absolute atomic E-state index is 0.00198. The number of rotatable bonds is 8. The smallest absolute Gasteiger partial charge is 0.243 e. The van der Waals surface area contributed by atoms with Crippen molar-refractivity contribution in [3.63, 3.8) is 0 Å². The Morgan fingerprint density at radius 3 is 2.71 bits per heavy atom. The normalized spacial score (nSPS) is 17.7. The van der Waals surface area contributed by atoms with Gasteiger partial charge >= 0.3 is 0 Å². The zero-order valence-corrected chi connectivity index (χ0v) is 16.9. The molecule has 1 unspecified atom stereocenters. The number of ether oxygens (including phenoxy) is 1. The van der Waals surface area contributed by atoms with Gasteiger partial charge < -0.3 is 15.0 Å². The van der Waals surface area contributed by atoms with Crippen LogP contribution in [0.4, 0.5) is 5.69 Å². The first-order valence-electron chi connectivity index (χ1n) is 8.80. The van der Waals surface area contributed by atoms with E-state index in [2.05, 4.69) is 11.2 Å². The molecule has 0 bridgehead atoms. The number of hydrogen-bond acceptors (Lipinski definition) is 6. The lowest BCUT2D eigenvalue weighted by Gasteiger charge is -2.27. The number of terminal acetylenes is 1. The Hall–Kier alpha value is -2.57. The van der Waals surface area contributed by atoms with E-state index in [4.69, 9.17) is 11.2 Å². The quantitative estimate of drug-likeness (QED) is 0.619. The predicted octanol–water partition coefficient (Wildman–Crippen LogP) is 0.214. The predicted molar refractivity (Wildman–Crippen MR) is 107 cm³/mol. The van der Waals surface area contributed by atoms with E-state index >= 15 is 0 Å². The molecule has 1 heterocycles. The number of amides is 2. The number of sulfone groups is 1. The Morgan fingerprint density at radius 1 is 1.36 bits per heavy atom. The highest BCUT2D eigenvalue weighted by atomic mass is 32.2. The van der Waals surface area contributed by atoms with E-state index in [0.717, 1.165) is 0 Å². The van der Waals surface area contributed by atoms with Crippen LogP contribution in [0.1, 0.15) is 6.42 Å². The third-order valence-electron chi connectivity index (χ3n) is 4.52. The summed E-state index contributed by atoms with van der Waals surface area (Å²) in [5.41, 5.74) is 0.565. The van der Waals surface area contributed by atoms with Gasteiger partial charge in [-0.3, -0.25) is 14.5 Å². The first-order chi connectivity index (χ1) is 13.2. The molecule has 1 saturated heterocycles. The molecule has 152 valence electrons. The lowest BCUT2D eigenvalue weighted by atomic mass is 10.2. The summed E-state index contributed by atoms with van der Waals surface area (Å²) in [6.45, 7) is 0.00595. The van der Waals surface area contributed by atoms with Crippen molar-refractivity contribution in [2.45, 2.75) is 12.5 Å². The molecule has 28 heavy (non-hydrogen) atoms. The van der Waals surface area contributed by atoms with E-state index in [0.29, 0.717) is 17.9 Å². The van der Waals surface area contributed by atoms with E-state index < -0.39 is 9.84 Å². The van der Waals surface area contributed by atoms with E-state index in [-0.39, 0.29) is 49.0 Å². The summed E-state index contributed by atoms with van der Waals surface area (Å²) in [5.74, 6) is 2.53. The number of methoxy groups -OCH3 is 1. The molecule has 1 aliphatic heterocycles. The Balaban J connectivity index is 1.91. The van der Waals surface area contributed by atoms with Crippen molar-refractivity contribution in [3.05, 3.63) is 24.3 Å². The van der Waals surface area contributed by atoms with Crippen LogP contribution in [0.25, 0.3) is 0 Å². The van der Waals surface area contributed by atoms with Crippen molar-refractivity contribution >= 4 is 27.3 Å². The molecule has 0 aliphatic carbocycles. The van der Waals surface area contributed by atoms with Gasteiger partial charge in [0.05, 0.1) is 38.2 Å². The lowest BCUT2D eigenvalue weighted by Crippen LogP contribution is -2.45. The molecule has 2 amide bonds. The zero-order valence-electron chi connectivity index (χ0n) is 16.1. The van der Waals surface area contributed by atoms with Gasteiger partial charge in [-0.2, -0.15) is 0 Å². The highest BCUT2D eigenvalue weighted by Gasteiger charge is 2.33. The SMILES string of the molecule is C#CCN(CC(=O)N(C)CC(=O)Nc1cccc(OC)c1)C1CCS(=O)(=O)C1. The van der Waals surface area contributed by atoms with Gasteiger partial charge in [-0.25, -0.2) is 8.42 Å². The molecule has 1 aromatic carbocycles. The third-order valence-corrected chi connectivity index (χ3v) is 6.27. The van der Waals surface area contributed by atoms with Crippen LogP contribution in [0.3, 0.4) is 0 Å². The minimum Gasteiger partial charge on any atom is -0.497 e. The fourth-order valence-electron chi connectivity index (χ4n) is 2.99. The number of carbonyl (C=O) groups excluding carboxylic acids is 2. The number of nitrogens with one attached hydrogen (secondary N) is 1. The highest BCUT2D eigenvalue weighted by molar-refractivity contribution is 7.91. The molecule has 0 radical (unpaired) electrons. The summed E-state index contributed by atoms with van der Waals surface area (Å²) in [6.07, 6.45) is 5.82. The minimum atomic E-state index is -3.08. The van der Waals surface area contributed by atoms with Crippen molar-refractivity contribution < 1.29 is 22.7 Å². The maximum Gasteiger partial charge on any atom is 0.243 e. The lowest BCUT2D eigenvalue weighted by molar-refractivity contribution is -0.134. The third kappa shape index (κ3) is 6.25. The van der Waals surface area contributed by atoms with E-state index in [1.807, 2.05) is 0 Å². The van der Waals surface area contributed by atoms with Crippen LogP contribution in [0, 0.1) is 12.3 Å². The van der Waals surface area contributed by atoms with Crippen LogP contribution >= 0.6 is 0 Å². The molecule has 1 aliphatic rings. The van der Waals surface area contributed by atoms with E-state index in [9.17, 15) is 18.0 Å². The fraction of sp³-hybridized carbons (Fsp3) is 0.474. The number of carbonyl (C=O) groups is 2. The van der Waals surface area contributed by atoms with Gasteiger partial charge in [-0.15, -0.1) is 6.42 Å². The Morgan fingerprint density at radius 2 is 2.11 bits per heavy atom. The average Bonchev–Trinajstić information content (AvgIpc) is 3.01. The van der Waals surface area contributed by atoms with E-state index in [1.165, 1.54) is 19.1 Å². The first kappa shape index (κ1) is 21.7. The molecular weight excluding hydrogens is 382 g/mol. The van der Waals surface area contributed by atoms with Gasteiger partial charge in [0.25, 0.3) is 0 Å². The summed E-state index contributed by atoms with van der Waals surface area (Å²) >= 11 is 0. The molecular formula is C19H25N3O5S. The van der Waals surface area contributed by atoms with Crippen LogP contribution < -0.4 is 10.1 Å².